The Morgan fingerprint density at radius 1 is 1.39 bits per heavy atom. The second-order valence-corrected chi connectivity index (χ2v) is 7.58. The van der Waals surface area contributed by atoms with Crippen LogP contribution in [0.4, 0.5) is 16.2 Å². The molecule has 3 rings (SSSR count). The van der Waals surface area contributed by atoms with E-state index in [0.717, 1.165) is 22.0 Å². The lowest BCUT2D eigenvalue weighted by Gasteiger charge is -2.27. The van der Waals surface area contributed by atoms with Crippen LogP contribution < -0.4 is 15.1 Å². The Balaban J connectivity index is 1.63. The maximum absolute atomic E-state index is 14.0. The fourth-order valence-corrected chi connectivity index (χ4v) is 3.06. The van der Waals surface area contributed by atoms with E-state index in [1.165, 1.54) is 0 Å². The third-order valence-corrected chi connectivity index (χ3v) is 4.56. The van der Waals surface area contributed by atoms with Crippen molar-refractivity contribution in [3.63, 3.8) is 0 Å². The number of nitrogens with zero attached hydrogens (tertiary/aromatic N) is 4. The maximum Gasteiger partial charge on any atom is 0.245 e. The number of nitrogens with one attached hydrogen (secondary N) is 1. The highest BCUT2D eigenvalue weighted by Crippen LogP contribution is 2.26. The largest absolute Gasteiger partial charge is 0.492 e. The lowest BCUT2D eigenvalue weighted by Crippen LogP contribution is -2.37. The zero-order valence-corrected chi connectivity index (χ0v) is 17.4. The molecule has 9 heteroatoms. The topological polar surface area (TPSA) is 71.9 Å². The van der Waals surface area contributed by atoms with Crippen molar-refractivity contribution < 1.29 is 13.9 Å². The van der Waals surface area contributed by atoms with Gasteiger partial charge in [-0.05, 0) is 45.6 Å². The van der Waals surface area contributed by atoms with E-state index < -0.39 is 5.82 Å². The van der Waals surface area contributed by atoms with Crippen molar-refractivity contribution in [1.29, 1.82) is 0 Å². The minimum Gasteiger partial charge on any atom is -0.492 e. The number of hydrogen-bond acceptors (Lipinski definition) is 7. The molecule has 28 heavy (non-hydrogen) atoms. The summed E-state index contributed by atoms with van der Waals surface area (Å²) >= 11 is 3.51. The monoisotopic (exact) mass is 451 g/mol. The van der Waals surface area contributed by atoms with Gasteiger partial charge >= 0.3 is 0 Å². The Labute approximate surface area is 172 Å². The average molecular weight is 452 g/mol. The number of ether oxygens (including phenoxy) is 2. The highest BCUT2D eigenvalue weighted by Gasteiger charge is 2.17. The molecule has 1 N–H and O–H groups in total. The van der Waals surface area contributed by atoms with E-state index in [1.807, 2.05) is 23.1 Å². The van der Waals surface area contributed by atoms with Crippen molar-refractivity contribution in [2.75, 3.05) is 43.2 Å². The second kappa shape index (κ2) is 9.79. The molecule has 150 valence electrons. The molecule has 1 fully saturated rings. The van der Waals surface area contributed by atoms with Crippen LogP contribution in [0.15, 0.2) is 34.0 Å². The molecule has 2 aromatic rings. The first-order chi connectivity index (χ1) is 13.5. The van der Waals surface area contributed by atoms with Gasteiger partial charge in [-0.1, -0.05) is 13.8 Å². The highest BCUT2D eigenvalue weighted by atomic mass is 79.9. The van der Waals surface area contributed by atoms with Gasteiger partial charge in [0.15, 0.2) is 11.6 Å². The van der Waals surface area contributed by atoms with Gasteiger partial charge in [0.2, 0.25) is 5.95 Å². The van der Waals surface area contributed by atoms with Gasteiger partial charge in [-0.25, -0.2) is 14.8 Å². The predicted octanol–water partition coefficient (Wildman–Crippen LogP) is 3.70. The minimum absolute atomic E-state index is 0.232. The van der Waals surface area contributed by atoms with Gasteiger partial charge in [-0.3, -0.25) is 0 Å². The first kappa shape index (κ1) is 20.5. The predicted molar refractivity (Wildman–Crippen MR) is 111 cm³/mol. The van der Waals surface area contributed by atoms with Crippen LogP contribution in [-0.4, -0.2) is 49.1 Å². The zero-order chi connectivity index (χ0) is 19.9. The third-order valence-electron chi connectivity index (χ3n) is 3.94. The fraction of sp³-hybridized carbons (Fsp3) is 0.421. The van der Waals surface area contributed by atoms with Crippen LogP contribution in [0.2, 0.25) is 0 Å². The van der Waals surface area contributed by atoms with Crippen molar-refractivity contribution in [2.24, 2.45) is 11.0 Å². The van der Waals surface area contributed by atoms with Gasteiger partial charge < -0.3 is 14.4 Å². The Kier molecular flexibility index (Phi) is 7.16. The minimum atomic E-state index is -0.461. The zero-order valence-electron chi connectivity index (χ0n) is 15.9. The van der Waals surface area contributed by atoms with Crippen LogP contribution in [0.3, 0.4) is 0 Å². The van der Waals surface area contributed by atoms with Crippen LogP contribution in [0.1, 0.15) is 19.4 Å². The number of hydrazone groups is 1. The van der Waals surface area contributed by atoms with Crippen LogP contribution in [-0.2, 0) is 4.74 Å². The van der Waals surface area contributed by atoms with Gasteiger partial charge in [0.1, 0.15) is 5.75 Å². The van der Waals surface area contributed by atoms with Gasteiger partial charge in [0.25, 0.3) is 0 Å². The molecule has 2 heterocycles. The first-order valence-electron chi connectivity index (χ1n) is 9.09. The van der Waals surface area contributed by atoms with Crippen molar-refractivity contribution in [1.82, 2.24) is 9.97 Å². The number of halogens is 2. The molecule has 0 amide bonds. The number of rotatable bonds is 7. The molecule has 1 aliphatic rings. The van der Waals surface area contributed by atoms with E-state index in [1.54, 1.807) is 6.21 Å². The molecule has 1 aromatic carbocycles. The number of anilines is 2. The second-order valence-electron chi connectivity index (χ2n) is 6.73. The quantitative estimate of drug-likeness (QED) is 0.511. The molecule has 0 aliphatic carbocycles. The fourth-order valence-electron chi connectivity index (χ4n) is 2.54. The summed E-state index contributed by atoms with van der Waals surface area (Å²) in [6.45, 7) is 7.14. The number of benzene rings is 1. The van der Waals surface area contributed by atoms with Gasteiger partial charge in [0, 0.05) is 13.1 Å². The molecule has 0 unspecified atom stereocenters. The van der Waals surface area contributed by atoms with E-state index in [0.29, 0.717) is 38.8 Å². The van der Waals surface area contributed by atoms with Crippen molar-refractivity contribution in [3.05, 3.63) is 40.2 Å². The summed E-state index contributed by atoms with van der Waals surface area (Å²) in [7, 11) is 0. The molecule has 1 aliphatic heterocycles. The summed E-state index contributed by atoms with van der Waals surface area (Å²) in [5.41, 5.74) is 3.62. The summed E-state index contributed by atoms with van der Waals surface area (Å²) in [5.74, 6) is 1.27. The van der Waals surface area contributed by atoms with Crippen molar-refractivity contribution >= 4 is 33.9 Å². The lowest BCUT2D eigenvalue weighted by atomic mass is 10.2. The van der Waals surface area contributed by atoms with Gasteiger partial charge in [-0.2, -0.15) is 10.1 Å². The van der Waals surface area contributed by atoms with E-state index in [-0.39, 0.29) is 11.8 Å². The number of hydrogen-bond donors (Lipinski definition) is 1. The summed E-state index contributed by atoms with van der Waals surface area (Å²) in [5, 5.41) is 4.15. The van der Waals surface area contributed by atoms with Crippen molar-refractivity contribution in [2.45, 2.75) is 13.8 Å². The Bertz CT molecular complexity index is 828. The summed E-state index contributed by atoms with van der Waals surface area (Å²) < 4.78 is 25.9. The molecule has 7 nitrogen and oxygen atoms in total. The molecule has 0 radical (unpaired) electrons. The Hall–Kier alpha value is -2.26. The third kappa shape index (κ3) is 5.62. The van der Waals surface area contributed by atoms with E-state index in [9.17, 15) is 4.39 Å². The molecular formula is C19H23BrFN5O2. The smallest absolute Gasteiger partial charge is 0.245 e. The van der Waals surface area contributed by atoms with Crippen LogP contribution in [0.25, 0.3) is 0 Å². The molecule has 1 saturated heterocycles. The van der Waals surface area contributed by atoms with E-state index in [2.05, 4.69) is 50.3 Å². The molecule has 0 saturated carbocycles. The molecule has 0 bridgehead atoms. The summed E-state index contributed by atoms with van der Waals surface area (Å²) in [4.78, 5) is 10.0. The highest BCUT2D eigenvalue weighted by molar-refractivity contribution is 9.10. The lowest BCUT2D eigenvalue weighted by molar-refractivity contribution is 0.122. The number of aromatic nitrogens is 2. The maximum atomic E-state index is 14.0. The normalized spacial score (nSPS) is 14.7. The Morgan fingerprint density at radius 3 is 2.89 bits per heavy atom. The Morgan fingerprint density at radius 2 is 2.18 bits per heavy atom. The van der Waals surface area contributed by atoms with Crippen LogP contribution in [0.5, 0.6) is 5.75 Å². The first-order valence-corrected chi connectivity index (χ1v) is 9.89. The van der Waals surface area contributed by atoms with E-state index in [4.69, 9.17) is 9.47 Å². The molecular weight excluding hydrogens is 429 g/mol. The summed E-state index contributed by atoms with van der Waals surface area (Å²) in [6, 6.07) is 5.69. The van der Waals surface area contributed by atoms with Crippen LogP contribution in [0, 0.1) is 11.7 Å². The van der Waals surface area contributed by atoms with Crippen LogP contribution >= 0.6 is 15.9 Å². The standard InChI is InChI=1S/C19H23BrFN5O2/c1-13(2)12-28-17-4-3-14(9-15(17)20)10-23-25-19-22-11-16(21)18(24-19)26-5-7-27-8-6-26/h3-4,9-11,13H,5-8,12H2,1-2H3,(H,22,24,25)/b23-10+. The molecule has 0 atom stereocenters. The average Bonchev–Trinajstić information content (AvgIpc) is 2.69. The van der Waals surface area contributed by atoms with E-state index >= 15 is 0 Å². The molecule has 0 spiro atoms. The summed E-state index contributed by atoms with van der Waals surface area (Å²) in [6.07, 6.45) is 2.78. The van der Waals surface area contributed by atoms with Crippen molar-refractivity contribution in [3.8, 4) is 5.75 Å². The van der Waals surface area contributed by atoms with Gasteiger partial charge in [-0.15, -0.1) is 0 Å². The molecule has 1 aromatic heterocycles. The number of morpholine rings is 1. The van der Waals surface area contributed by atoms with Gasteiger partial charge in [0.05, 0.1) is 36.7 Å². The SMILES string of the molecule is CC(C)COc1ccc(/C=N/Nc2ncc(F)c(N3CCOCC3)n2)cc1Br.